The van der Waals surface area contributed by atoms with Crippen molar-refractivity contribution in [2.45, 2.75) is 19.5 Å². The maximum absolute atomic E-state index is 12.7. The van der Waals surface area contributed by atoms with Crippen molar-refractivity contribution < 1.29 is 17.9 Å². The van der Waals surface area contributed by atoms with Crippen LogP contribution in [-0.2, 0) is 6.42 Å². The Labute approximate surface area is 190 Å². The summed E-state index contributed by atoms with van der Waals surface area (Å²) in [4.78, 5) is 6.49. The number of allylic oxidation sites excluding steroid dienone is 1. The van der Waals surface area contributed by atoms with Crippen molar-refractivity contribution in [2.24, 2.45) is 0 Å². The highest BCUT2D eigenvalue weighted by Gasteiger charge is 2.27. The monoisotopic (exact) mass is 451 g/mol. The lowest BCUT2D eigenvalue weighted by molar-refractivity contribution is -0.115. The van der Waals surface area contributed by atoms with E-state index < -0.39 is 12.7 Å². The molecule has 4 rings (SSSR count). The van der Waals surface area contributed by atoms with Crippen molar-refractivity contribution in [1.82, 2.24) is 4.98 Å². The molecule has 7 heteroatoms. The molecule has 2 aromatic carbocycles. The van der Waals surface area contributed by atoms with E-state index in [4.69, 9.17) is 4.74 Å². The Kier molecular flexibility index (Phi) is 6.14. The minimum atomic E-state index is -4.33. The van der Waals surface area contributed by atoms with E-state index in [9.17, 15) is 13.2 Å². The second-order valence-corrected chi connectivity index (χ2v) is 7.67. The van der Waals surface area contributed by atoms with Crippen LogP contribution in [-0.4, -0.2) is 24.8 Å². The third-order valence-corrected chi connectivity index (χ3v) is 5.48. The van der Waals surface area contributed by atoms with E-state index in [1.165, 1.54) is 5.56 Å². The average Bonchev–Trinajstić information content (AvgIpc) is 2.82. The quantitative estimate of drug-likeness (QED) is 0.595. The van der Waals surface area contributed by atoms with Crippen molar-refractivity contribution in [1.29, 1.82) is 0 Å². The van der Waals surface area contributed by atoms with Crippen molar-refractivity contribution in [3.05, 3.63) is 94.6 Å². The maximum atomic E-state index is 12.7. The summed E-state index contributed by atoms with van der Waals surface area (Å²) in [5.41, 5.74) is 4.41. The summed E-state index contributed by atoms with van der Waals surface area (Å²) in [6.45, 7) is 5.24. The summed E-state index contributed by atoms with van der Waals surface area (Å²) in [7, 11) is 1.61. The Morgan fingerprint density at radius 1 is 1.00 bits per heavy atom. The third-order valence-electron chi connectivity index (χ3n) is 5.48. The molecule has 1 N–H and O–H groups in total. The van der Waals surface area contributed by atoms with E-state index in [0.29, 0.717) is 11.0 Å². The van der Waals surface area contributed by atoms with Gasteiger partial charge in [0.25, 0.3) is 0 Å². The highest BCUT2D eigenvalue weighted by Crippen LogP contribution is 2.30. The van der Waals surface area contributed by atoms with Gasteiger partial charge in [-0.1, -0.05) is 37.8 Å². The second-order valence-electron chi connectivity index (χ2n) is 7.67. The number of nitrogens with zero attached hydrogens (tertiary/aromatic N) is 2. The molecule has 33 heavy (non-hydrogen) atoms. The van der Waals surface area contributed by atoms with Crippen LogP contribution in [0.3, 0.4) is 0 Å². The average molecular weight is 451 g/mol. The molecule has 0 atom stereocenters. The number of aryl methyl sites for hydroxylation is 1. The third kappa shape index (κ3) is 4.87. The first-order chi connectivity index (χ1) is 15.8. The summed E-state index contributed by atoms with van der Waals surface area (Å²) in [6.07, 6.45) is -1.53. The van der Waals surface area contributed by atoms with Gasteiger partial charge >= 0.3 is 6.18 Å². The van der Waals surface area contributed by atoms with Gasteiger partial charge in [-0.05, 0) is 53.9 Å². The van der Waals surface area contributed by atoms with Crippen LogP contribution in [0.15, 0.2) is 72.9 Å². The van der Waals surface area contributed by atoms with Crippen molar-refractivity contribution in [3.63, 3.8) is 0 Å². The number of alkyl halides is 3. The van der Waals surface area contributed by atoms with E-state index >= 15 is 0 Å². The van der Waals surface area contributed by atoms with Gasteiger partial charge in [0, 0.05) is 28.4 Å². The Bertz CT molecular complexity index is 1280. The number of halogens is 3. The first kappa shape index (κ1) is 22.5. The molecule has 0 saturated carbocycles. The second kappa shape index (κ2) is 9.02. The van der Waals surface area contributed by atoms with Gasteiger partial charge in [-0.2, -0.15) is 13.2 Å². The molecular weight excluding hydrogens is 427 g/mol. The molecule has 0 fully saturated rings. The number of pyridine rings is 1. The molecule has 0 amide bonds. The number of benzene rings is 2. The standard InChI is InChI=1S/C26H24F3N3O/c1-4-18-5-7-19(8-6-18)24-17(2)32(21-10-12-22(33-3)13-11-21)15-20-9-14-23(31-25(20)24)30-16-26(27,28)29/h5-15H,2,4,16H2,1,3H3,(H,30,31). The topological polar surface area (TPSA) is 37.4 Å². The first-order valence-electron chi connectivity index (χ1n) is 10.5. The predicted octanol–water partition coefficient (Wildman–Crippen LogP) is 4.60. The van der Waals surface area contributed by atoms with Crippen LogP contribution in [0.5, 0.6) is 5.75 Å². The number of methoxy groups -OCH3 is 1. The zero-order valence-corrected chi connectivity index (χ0v) is 18.4. The summed E-state index contributed by atoms with van der Waals surface area (Å²) >= 11 is 0. The Morgan fingerprint density at radius 3 is 2.30 bits per heavy atom. The molecule has 2 heterocycles. The lowest BCUT2D eigenvalue weighted by atomic mass is 9.97. The minimum absolute atomic E-state index is 0.160. The van der Waals surface area contributed by atoms with Crippen LogP contribution in [0.2, 0.25) is 0 Å². The Hall–Kier alpha value is -3.74. The smallest absolute Gasteiger partial charge is 0.405 e. The summed E-state index contributed by atoms with van der Waals surface area (Å²) in [6, 6.07) is 19.0. The molecule has 170 valence electrons. The van der Waals surface area contributed by atoms with Crippen LogP contribution in [0.25, 0.3) is 11.8 Å². The number of anilines is 2. The molecule has 3 aromatic rings. The normalized spacial score (nSPS) is 13.4. The van der Waals surface area contributed by atoms with Gasteiger partial charge in [0.15, 0.2) is 0 Å². The Balaban J connectivity index is 1.86. The molecule has 0 spiro atoms. The predicted molar refractivity (Wildman–Crippen MR) is 125 cm³/mol. The molecular formula is C26H24F3N3O. The number of rotatable bonds is 6. The van der Waals surface area contributed by atoms with Gasteiger partial charge in [0.2, 0.25) is 0 Å². The van der Waals surface area contributed by atoms with Gasteiger partial charge in [-0.25, -0.2) is 4.98 Å². The largest absolute Gasteiger partial charge is 0.497 e. The molecule has 1 aliphatic rings. The van der Waals surface area contributed by atoms with Crippen LogP contribution in [0, 0.1) is 0 Å². The van der Waals surface area contributed by atoms with E-state index in [-0.39, 0.29) is 5.82 Å². The number of fused-ring (bicyclic) bond motifs is 1. The maximum Gasteiger partial charge on any atom is 0.405 e. The number of nitrogens with one attached hydrogen (secondary N) is 1. The highest BCUT2D eigenvalue weighted by atomic mass is 19.4. The fourth-order valence-corrected chi connectivity index (χ4v) is 3.72. The highest BCUT2D eigenvalue weighted by molar-refractivity contribution is 5.87. The molecule has 0 bridgehead atoms. The van der Waals surface area contributed by atoms with Crippen molar-refractivity contribution in [3.8, 4) is 5.75 Å². The van der Waals surface area contributed by atoms with E-state index in [1.807, 2.05) is 59.6 Å². The number of aromatic nitrogens is 1. The summed E-state index contributed by atoms with van der Waals surface area (Å²) in [5, 5.41) is 3.74. The number of ether oxygens (including phenoxy) is 1. The molecule has 0 saturated heterocycles. The van der Waals surface area contributed by atoms with Crippen molar-refractivity contribution >= 4 is 23.3 Å². The van der Waals surface area contributed by atoms with Gasteiger partial charge < -0.3 is 15.0 Å². The van der Waals surface area contributed by atoms with Crippen LogP contribution in [0.1, 0.15) is 18.1 Å². The molecule has 0 radical (unpaired) electrons. The van der Waals surface area contributed by atoms with E-state index in [0.717, 1.165) is 34.2 Å². The van der Waals surface area contributed by atoms with Gasteiger partial charge in [-0.15, -0.1) is 0 Å². The molecule has 4 nitrogen and oxygen atoms in total. The van der Waals surface area contributed by atoms with Gasteiger partial charge in [-0.3, -0.25) is 0 Å². The fourth-order valence-electron chi connectivity index (χ4n) is 3.72. The van der Waals surface area contributed by atoms with Crippen LogP contribution in [0.4, 0.5) is 24.7 Å². The first-order valence-corrected chi connectivity index (χ1v) is 10.5. The fraction of sp³-hybridized carbons (Fsp3) is 0.192. The molecule has 1 aliphatic heterocycles. The zero-order chi connectivity index (χ0) is 23.6. The molecule has 0 unspecified atom stereocenters. The number of hydrogen-bond acceptors (Lipinski definition) is 4. The summed E-state index contributed by atoms with van der Waals surface area (Å²) < 4.78 is 43.4. The number of hydrogen-bond donors (Lipinski definition) is 1. The van der Waals surface area contributed by atoms with E-state index in [2.05, 4.69) is 23.8 Å². The summed E-state index contributed by atoms with van der Waals surface area (Å²) in [5.74, 6) is 0.899. The van der Waals surface area contributed by atoms with Crippen molar-refractivity contribution in [2.75, 3.05) is 23.9 Å². The van der Waals surface area contributed by atoms with Crippen LogP contribution < -0.4 is 25.5 Å². The van der Waals surface area contributed by atoms with Crippen LogP contribution >= 0.6 is 0 Å². The van der Waals surface area contributed by atoms with Gasteiger partial charge in [0.1, 0.15) is 18.1 Å². The van der Waals surface area contributed by atoms with E-state index in [1.54, 1.807) is 19.2 Å². The lowest BCUT2D eigenvalue weighted by Crippen LogP contribution is -2.40. The lowest BCUT2D eigenvalue weighted by Gasteiger charge is -2.28. The molecule has 1 aromatic heterocycles. The Morgan fingerprint density at radius 2 is 1.70 bits per heavy atom. The van der Waals surface area contributed by atoms with Gasteiger partial charge in [0.05, 0.1) is 12.5 Å². The minimum Gasteiger partial charge on any atom is -0.497 e. The molecule has 0 aliphatic carbocycles. The zero-order valence-electron chi connectivity index (χ0n) is 18.4. The SMILES string of the molecule is C=C1C(c2ccc(CC)cc2)=c2nc(NCC(F)(F)F)ccc2=CN1c1ccc(OC)cc1.